The lowest BCUT2D eigenvalue weighted by molar-refractivity contribution is 1.31. The van der Waals surface area contributed by atoms with Crippen molar-refractivity contribution in [3.05, 3.63) is 415 Å². The van der Waals surface area contributed by atoms with E-state index in [1.54, 1.807) is 0 Å². The van der Waals surface area contributed by atoms with Crippen LogP contribution in [0, 0.1) is 34.6 Å². The van der Waals surface area contributed by atoms with E-state index in [0.717, 1.165) is 92.4 Å². The van der Waals surface area contributed by atoms with Gasteiger partial charge in [0.05, 0.1) is 0 Å². The molecule has 0 radical (unpaired) electrons. The molecule has 0 aliphatic rings. The zero-order chi connectivity index (χ0) is 89.1. The van der Waals surface area contributed by atoms with Crippen LogP contribution in [0.25, 0.3) is 111 Å². The van der Waals surface area contributed by atoms with Gasteiger partial charge in [-0.15, -0.1) is 139 Å². The van der Waals surface area contributed by atoms with Gasteiger partial charge in [-0.2, -0.15) is 0 Å². The molecule has 15 aromatic rings. The molecule has 15 atom stereocenters. The molecule has 125 heavy (non-hydrogen) atoms. The molecule has 0 fully saturated rings. The first kappa shape index (κ1) is 100. The van der Waals surface area contributed by atoms with Crippen molar-refractivity contribution in [1.29, 1.82) is 0 Å². The summed E-state index contributed by atoms with van der Waals surface area (Å²) in [6.07, 6.45) is 14.9. The minimum Gasteiger partial charge on any atom is -0.133 e. The minimum absolute atomic E-state index is 0.987. The van der Waals surface area contributed by atoms with Gasteiger partial charge in [0.25, 0.3) is 0 Å². The van der Waals surface area contributed by atoms with Crippen molar-refractivity contribution in [1.82, 2.24) is 0 Å². The van der Waals surface area contributed by atoms with Gasteiger partial charge in [0.2, 0.25) is 0 Å². The zero-order valence-electron chi connectivity index (χ0n) is 73.1. The molecule has 0 saturated carbocycles. The molecular weight excluding hydrogens is 1790 g/mol. The van der Waals surface area contributed by atoms with Crippen molar-refractivity contribution in [2.24, 2.45) is 0 Å². The second-order valence-corrected chi connectivity index (χ2v) is 38.1. The van der Waals surface area contributed by atoms with Gasteiger partial charge in [-0.25, -0.2) is 0 Å². The fourth-order valence-electron chi connectivity index (χ4n) is 15.7. The second-order valence-electron chi connectivity index (χ2n) is 31.9. The Labute approximate surface area is 785 Å². The lowest BCUT2D eigenvalue weighted by Gasteiger charge is -2.13. The topological polar surface area (TPSA) is 0 Å². The molecule has 0 aliphatic carbocycles. The Morgan fingerprint density at radius 1 is 0.136 bits per heavy atom. The zero-order valence-corrected chi connectivity index (χ0v) is 90.5. The van der Waals surface area contributed by atoms with E-state index in [4.69, 9.17) is 0 Å². The largest absolute Gasteiger partial charge is 0.133 e. The van der Waals surface area contributed by atoms with E-state index >= 15 is 0 Å². The van der Waals surface area contributed by atoms with Crippen LogP contribution >= 0.6 is 139 Å². The Balaban J connectivity index is 0.000000152. The average molecular weight is 1910 g/mol. The maximum absolute atomic E-state index is 2.84. The van der Waals surface area contributed by atoms with Crippen LogP contribution in [-0.4, -0.2) is 0 Å². The number of hydrogen-bond donors (Lipinski definition) is 0. The first-order chi connectivity index (χ1) is 60.7. The van der Waals surface area contributed by atoms with Crippen LogP contribution < -0.4 is 0 Å². The lowest BCUT2D eigenvalue weighted by Crippen LogP contribution is -1.90. The van der Waals surface area contributed by atoms with Crippen LogP contribution in [0.4, 0.5) is 0 Å². The molecule has 0 nitrogen and oxygen atoms in total. The van der Waals surface area contributed by atoms with Gasteiger partial charge < -0.3 is 0 Å². The molecule has 0 bridgehead atoms. The predicted molar refractivity (Wildman–Crippen MR) is 611 cm³/mol. The summed E-state index contributed by atoms with van der Waals surface area (Å²) in [6, 6.07) is 113. The Bertz CT molecular complexity index is 5980. The van der Waals surface area contributed by atoms with Gasteiger partial charge in [0.15, 0.2) is 0 Å². The highest BCUT2D eigenvalue weighted by Gasteiger charge is 2.15. The van der Waals surface area contributed by atoms with Crippen molar-refractivity contribution in [2.75, 3.05) is 0 Å². The lowest BCUT2D eigenvalue weighted by atomic mass is 9.93. The number of hydrogen-bond acceptors (Lipinski definition) is 0. The van der Waals surface area contributed by atoms with E-state index < -0.39 is 0 Å². The summed E-state index contributed by atoms with van der Waals surface area (Å²) in [5, 5.41) is 0. The van der Waals surface area contributed by atoms with E-state index in [-0.39, 0.29) is 0 Å². The highest BCUT2D eigenvalue weighted by atomic mass is 31.0. The quantitative estimate of drug-likeness (QED) is 0.0500. The third-order valence-corrected chi connectivity index (χ3v) is 29.9. The SMILES string of the molecule is Cc1cc(-c2ccc(CP)cc2)cc(-c2cc(CP)cc(CP)c2)c1.Cc1cc(-c2cccc(-c3cc(CP)cc(CP)c3)c2)ccc1CP.Cc1cc(CP)ccc1-c1cccc(-c2cc(CP)cc(CP)c2)c1.Cc1ccc(-c2cc(CP)cc(CP)c2)cc1-c1ccc(CP)cc1.Cc1ccc(-c2ccc(CP)cc2)cc1-c1cc(CP)cc(CP)c1. The average Bonchev–Trinajstić information content (AvgIpc) is 0.820. The summed E-state index contributed by atoms with van der Waals surface area (Å²) < 4.78 is 0. The number of aryl methyl sites for hydroxylation is 5. The predicted octanol–water partition coefficient (Wildman–Crippen LogP) is 32.3. The smallest absolute Gasteiger partial charge is 0.0126 e. The van der Waals surface area contributed by atoms with Crippen molar-refractivity contribution in [2.45, 2.75) is 127 Å². The molecule has 0 heterocycles. The van der Waals surface area contributed by atoms with Gasteiger partial charge in [-0.1, -0.05) is 273 Å². The number of benzene rings is 15. The van der Waals surface area contributed by atoms with Gasteiger partial charge in [-0.3, -0.25) is 0 Å². The molecule has 0 N–H and O–H groups in total. The highest BCUT2D eigenvalue weighted by Crippen LogP contribution is 2.39. The number of rotatable bonds is 25. The van der Waals surface area contributed by atoms with Crippen LogP contribution in [0.1, 0.15) is 111 Å². The molecule has 0 saturated heterocycles. The van der Waals surface area contributed by atoms with E-state index in [0.29, 0.717) is 0 Å². The van der Waals surface area contributed by atoms with Crippen LogP contribution in [-0.2, 0) is 92.4 Å². The molecule has 0 aliphatic heterocycles. The van der Waals surface area contributed by atoms with Crippen molar-refractivity contribution in [3.8, 4) is 111 Å². The van der Waals surface area contributed by atoms with E-state index in [2.05, 4.69) is 477 Å². The fourth-order valence-corrected chi connectivity index (χ4v) is 19.6. The Morgan fingerprint density at radius 3 is 0.752 bits per heavy atom. The summed E-state index contributed by atoms with van der Waals surface area (Å²) in [7, 11) is 42.3. The molecule has 0 amide bonds. The molecule has 0 spiro atoms. The molecule has 0 aromatic heterocycles. The molecule has 15 aromatic carbocycles. The summed E-state index contributed by atoms with van der Waals surface area (Å²) in [5.41, 5.74) is 53.0. The molecule has 15 heteroatoms. The maximum Gasteiger partial charge on any atom is -0.0126 e. The summed E-state index contributed by atoms with van der Waals surface area (Å²) >= 11 is 0. The maximum atomic E-state index is 2.84. The first-order valence-corrected chi connectivity index (χ1v) is 55.1. The summed E-state index contributed by atoms with van der Waals surface area (Å²) in [6.45, 7) is 11.0. The monoisotopic (exact) mass is 1910 g/mol. The van der Waals surface area contributed by atoms with Crippen LogP contribution in [0.5, 0.6) is 0 Å². The van der Waals surface area contributed by atoms with Crippen molar-refractivity contribution in [3.63, 3.8) is 0 Å². The second kappa shape index (κ2) is 51.0. The fraction of sp³-hybridized carbons (Fsp3) is 0.182. The third kappa shape index (κ3) is 28.4. The minimum atomic E-state index is 0.987. The van der Waals surface area contributed by atoms with Crippen LogP contribution in [0.3, 0.4) is 0 Å². The highest BCUT2D eigenvalue weighted by molar-refractivity contribution is 7.18. The third-order valence-electron chi connectivity index (χ3n) is 22.8. The molecule has 640 valence electrons. The van der Waals surface area contributed by atoms with E-state index in [1.807, 2.05) is 0 Å². The van der Waals surface area contributed by atoms with E-state index in [9.17, 15) is 0 Å². The van der Waals surface area contributed by atoms with Gasteiger partial charge in [0, 0.05) is 0 Å². The van der Waals surface area contributed by atoms with E-state index in [1.165, 1.54) is 223 Å². The Morgan fingerprint density at radius 2 is 0.392 bits per heavy atom. The normalized spacial score (nSPS) is 10.9. The van der Waals surface area contributed by atoms with Crippen LogP contribution in [0.2, 0.25) is 0 Å². The van der Waals surface area contributed by atoms with Crippen molar-refractivity contribution < 1.29 is 0 Å². The Hall–Kier alpha value is -5.25. The van der Waals surface area contributed by atoms with Crippen molar-refractivity contribution >= 4 is 139 Å². The standard InChI is InChI=1S/5C22H25P3/c1-15-2-5-20(21-9-17(13-24)8-18(10-21)14-25)11-22(15)19-6-3-16(12-23)4-7-19;1-15-2-5-20(19-6-3-16(12-23)4-7-19)11-22(15)21-9-17(13-24)8-18(10-21)14-25;1-15-6-20(19-4-2-16(12-23)3-5-19)11-21(7-15)22-9-17(13-24)8-18(10-22)14-25;1-15-7-20(5-6-21(15)14-25)18-3-2-4-19(11-18)22-9-16(12-23)8-17(10-22)13-24;1-15-7-16(12-23)5-6-22(15)20-4-2-3-19(11-20)21-9-17(13-24)8-18(10-21)14-25/h5*2-11H,12-14,23-25H2,1H3. The van der Waals surface area contributed by atoms with Gasteiger partial charge >= 0.3 is 0 Å². The van der Waals surface area contributed by atoms with Gasteiger partial charge in [-0.05, 0) is 380 Å². The first-order valence-electron chi connectivity index (χ1n) is 42.9. The molecular formula is C110H125P15. The summed E-state index contributed by atoms with van der Waals surface area (Å²) in [4.78, 5) is 0. The molecule has 15 rings (SSSR count). The van der Waals surface area contributed by atoms with Gasteiger partial charge in [0.1, 0.15) is 0 Å². The Kier molecular flexibility index (Phi) is 40.9. The van der Waals surface area contributed by atoms with Crippen LogP contribution in [0.15, 0.2) is 303 Å². The summed E-state index contributed by atoms with van der Waals surface area (Å²) in [5.74, 6) is 0. The molecule has 15 unspecified atom stereocenters.